The number of nitrogens with one attached hydrogen (secondary N) is 1. The summed E-state index contributed by atoms with van der Waals surface area (Å²) >= 11 is 1.65. The van der Waals surface area contributed by atoms with E-state index in [9.17, 15) is 4.79 Å². The van der Waals surface area contributed by atoms with Gasteiger partial charge in [-0.3, -0.25) is 4.90 Å². The number of hydrogen-bond acceptors (Lipinski definition) is 9. The van der Waals surface area contributed by atoms with Gasteiger partial charge in [0.15, 0.2) is 0 Å². The fourth-order valence-electron chi connectivity index (χ4n) is 3.98. The van der Waals surface area contributed by atoms with Crippen LogP contribution < -0.4 is 11.1 Å². The number of fused-ring (bicyclic) bond motifs is 1. The number of aldehydes is 1. The van der Waals surface area contributed by atoms with Crippen molar-refractivity contribution in [3.05, 3.63) is 33.5 Å². The Kier molecular flexibility index (Phi) is 6.59. The Labute approximate surface area is 181 Å². The van der Waals surface area contributed by atoms with Crippen molar-refractivity contribution >= 4 is 35.5 Å². The van der Waals surface area contributed by atoms with E-state index in [1.165, 1.54) is 12.8 Å². The minimum absolute atomic E-state index is 0.210. The Morgan fingerprint density at radius 3 is 2.87 bits per heavy atom. The van der Waals surface area contributed by atoms with E-state index in [1.807, 2.05) is 17.2 Å². The number of aromatic nitrogens is 3. The lowest BCUT2D eigenvalue weighted by Gasteiger charge is -2.31. The molecule has 4 heterocycles. The van der Waals surface area contributed by atoms with Crippen molar-refractivity contribution in [1.82, 2.24) is 24.8 Å². The Hall–Kier alpha value is -2.52. The van der Waals surface area contributed by atoms with Gasteiger partial charge in [0.05, 0.1) is 23.5 Å². The lowest BCUT2D eigenvalue weighted by Crippen LogP contribution is -2.29. The number of likely N-dealkylation sites (tertiary alicyclic amines) is 1. The fraction of sp³-hybridized carbons (Fsp3) is 0.524. The third-order valence-corrected chi connectivity index (χ3v) is 6.40. The van der Waals surface area contributed by atoms with Gasteiger partial charge in [-0.25, -0.2) is 9.97 Å². The van der Waals surface area contributed by atoms with Crippen molar-refractivity contribution in [3.8, 4) is 0 Å². The van der Waals surface area contributed by atoms with Crippen LogP contribution in [0.2, 0.25) is 0 Å². The number of carbonyl (C=O) groups is 1. The lowest BCUT2D eigenvalue weighted by atomic mass is 10.0. The van der Waals surface area contributed by atoms with Crippen LogP contribution in [-0.2, 0) is 17.9 Å². The number of nitrogen functional groups attached to an aromatic ring is 1. The van der Waals surface area contributed by atoms with E-state index in [-0.39, 0.29) is 5.95 Å². The van der Waals surface area contributed by atoms with E-state index in [4.69, 9.17) is 10.7 Å². The molecule has 0 spiro atoms. The summed E-state index contributed by atoms with van der Waals surface area (Å²) in [5.41, 5.74) is 8.48. The molecule has 1 fully saturated rings. The van der Waals surface area contributed by atoms with Gasteiger partial charge in [0.1, 0.15) is 23.2 Å². The van der Waals surface area contributed by atoms with Gasteiger partial charge >= 0.3 is 0 Å². The van der Waals surface area contributed by atoms with Crippen molar-refractivity contribution in [2.75, 3.05) is 30.7 Å². The number of carbonyl (C=O) groups excluding carboxylic acids is 1. The van der Waals surface area contributed by atoms with Gasteiger partial charge in [0.2, 0.25) is 5.95 Å². The molecule has 3 N–H and O–H groups in total. The fourth-order valence-corrected chi connectivity index (χ4v) is 4.78. The monoisotopic (exact) mass is 427 g/mol. The van der Waals surface area contributed by atoms with Crippen LogP contribution >= 0.6 is 11.3 Å². The van der Waals surface area contributed by atoms with Crippen molar-refractivity contribution in [2.45, 2.75) is 51.7 Å². The van der Waals surface area contributed by atoms with E-state index in [2.05, 4.69) is 32.5 Å². The van der Waals surface area contributed by atoms with Gasteiger partial charge in [0, 0.05) is 24.7 Å². The molecule has 2 aromatic heterocycles. The molecule has 2 aliphatic heterocycles. The molecule has 1 atom stereocenters. The van der Waals surface area contributed by atoms with Crippen LogP contribution in [0.15, 0.2) is 11.6 Å². The largest absolute Gasteiger partial charge is 0.370 e. The summed E-state index contributed by atoms with van der Waals surface area (Å²) in [6, 6.07) is -0.472. The van der Waals surface area contributed by atoms with Gasteiger partial charge in [-0.1, -0.05) is 13.3 Å². The van der Waals surface area contributed by atoms with Gasteiger partial charge in [-0.2, -0.15) is 4.98 Å². The molecular formula is C21H29N7OS. The van der Waals surface area contributed by atoms with Crippen molar-refractivity contribution < 1.29 is 4.79 Å². The number of nitrogens with zero attached hydrogens (tertiary/aromatic N) is 5. The molecule has 0 bridgehead atoms. The molecule has 8 nitrogen and oxygen atoms in total. The van der Waals surface area contributed by atoms with E-state index in [0.717, 1.165) is 61.6 Å². The number of thiazole rings is 1. The number of nitrogens with two attached hydrogens (primary N) is 1. The number of hydrogen-bond donors (Lipinski definition) is 2. The van der Waals surface area contributed by atoms with E-state index < -0.39 is 6.04 Å². The number of anilines is 2. The zero-order chi connectivity index (χ0) is 20.9. The summed E-state index contributed by atoms with van der Waals surface area (Å²) in [4.78, 5) is 30.1. The van der Waals surface area contributed by atoms with E-state index in [0.29, 0.717) is 18.1 Å². The number of unbranched alkanes of at least 4 members (excludes halogenated alkanes) is 1. The van der Waals surface area contributed by atoms with Gasteiger partial charge < -0.3 is 20.7 Å². The summed E-state index contributed by atoms with van der Waals surface area (Å²) in [5, 5.41) is 6.47. The third-order valence-electron chi connectivity index (χ3n) is 5.52. The SMILES string of the molecule is CCCCNc1nc(N)nc2c1C(C=O)N(Cc1nc(CN3CCCC3)cs1)C=C2. The summed E-state index contributed by atoms with van der Waals surface area (Å²) in [6.45, 7) is 6.70. The summed E-state index contributed by atoms with van der Waals surface area (Å²) < 4.78 is 0. The van der Waals surface area contributed by atoms with E-state index in [1.54, 1.807) is 11.3 Å². The Morgan fingerprint density at radius 1 is 1.27 bits per heavy atom. The first-order valence-electron chi connectivity index (χ1n) is 10.6. The second-order valence-corrected chi connectivity index (χ2v) is 8.74. The highest BCUT2D eigenvalue weighted by atomic mass is 32.1. The Bertz CT molecular complexity index is 907. The predicted octanol–water partition coefficient (Wildman–Crippen LogP) is 3.05. The van der Waals surface area contributed by atoms with E-state index >= 15 is 0 Å². The smallest absolute Gasteiger partial charge is 0.222 e. The molecule has 4 rings (SSSR count). The molecule has 0 amide bonds. The molecule has 1 unspecified atom stereocenters. The quantitative estimate of drug-likeness (QED) is 0.465. The average Bonchev–Trinajstić information content (AvgIpc) is 3.40. The van der Waals surface area contributed by atoms with Crippen molar-refractivity contribution in [1.29, 1.82) is 0 Å². The lowest BCUT2D eigenvalue weighted by molar-refractivity contribution is -0.112. The van der Waals surface area contributed by atoms with Gasteiger partial charge in [0.25, 0.3) is 0 Å². The molecule has 0 aromatic carbocycles. The zero-order valence-corrected chi connectivity index (χ0v) is 18.2. The standard InChI is InChI=1S/C21H29N7OS/c1-2-3-7-23-20-19-16(25-21(22)26-20)6-10-28(17(19)13-29)12-18-24-15(14-30-18)11-27-8-4-5-9-27/h6,10,13-14,17H,2-5,7-9,11-12H2,1H3,(H3,22,23,25,26). The summed E-state index contributed by atoms with van der Waals surface area (Å²) in [7, 11) is 0. The maximum absolute atomic E-state index is 12.1. The summed E-state index contributed by atoms with van der Waals surface area (Å²) in [5.74, 6) is 0.855. The van der Waals surface area contributed by atoms with Crippen molar-refractivity contribution in [2.24, 2.45) is 0 Å². The molecular weight excluding hydrogens is 398 g/mol. The summed E-state index contributed by atoms with van der Waals surface area (Å²) in [6.07, 6.45) is 9.40. The molecule has 160 valence electrons. The molecule has 2 aliphatic rings. The maximum Gasteiger partial charge on any atom is 0.222 e. The highest BCUT2D eigenvalue weighted by Crippen LogP contribution is 2.34. The first-order valence-corrected chi connectivity index (χ1v) is 11.5. The van der Waals surface area contributed by atoms with Crippen LogP contribution in [0, 0.1) is 0 Å². The minimum Gasteiger partial charge on any atom is -0.370 e. The normalized spacial score (nSPS) is 18.6. The second-order valence-electron chi connectivity index (χ2n) is 7.79. The van der Waals surface area contributed by atoms with Crippen LogP contribution in [0.3, 0.4) is 0 Å². The van der Waals surface area contributed by atoms with Crippen LogP contribution in [0.4, 0.5) is 11.8 Å². The topological polar surface area (TPSA) is 100 Å². The first kappa shape index (κ1) is 20.7. The first-order chi connectivity index (χ1) is 14.7. The average molecular weight is 428 g/mol. The molecule has 0 radical (unpaired) electrons. The van der Waals surface area contributed by atoms with Gasteiger partial charge in [-0.05, 0) is 38.4 Å². The Balaban J connectivity index is 1.51. The molecule has 0 saturated carbocycles. The van der Waals surface area contributed by atoms with Gasteiger partial charge in [-0.15, -0.1) is 11.3 Å². The molecule has 0 aliphatic carbocycles. The predicted molar refractivity (Wildman–Crippen MR) is 120 cm³/mol. The van der Waals surface area contributed by atoms with Crippen molar-refractivity contribution in [3.63, 3.8) is 0 Å². The second kappa shape index (κ2) is 9.53. The van der Waals surface area contributed by atoms with Crippen LogP contribution in [-0.4, -0.2) is 50.7 Å². The molecule has 1 saturated heterocycles. The third kappa shape index (κ3) is 4.62. The van der Waals surface area contributed by atoms with Crippen LogP contribution in [0.25, 0.3) is 6.08 Å². The highest BCUT2D eigenvalue weighted by Gasteiger charge is 2.29. The molecule has 9 heteroatoms. The molecule has 30 heavy (non-hydrogen) atoms. The Morgan fingerprint density at radius 2 is 2.10 bits per heavy atom. The number of rotatable bonds is 9. The minimum atomic E-state index is -0.472. The maximum atomic E-state index is 12.1. The van der Waals surface area contributed by atoms with Crippen LogP contribution in [0.5, 0.6) is 0 Å². The highest BCUT2D eigenvalue weighted by molar-refractivity contribution is 7.09. The van der Waals surface area contributed by atoms with Crippen LogP contribution in [0.1, 0.15) is 60.6 Å². The molecule has 2 aromatic rings. The zero-order valence-electron chi connectivity index (χ0n) is 17.4.